The molecule has 2 heterocycles. The maximum absolute atomic E-state index is 13.1. The van der Waals surface area contributed by atoms with Gasteiger partial charge < -0.3 is 15.1 Å². The number of carbonyl (C=O) groups excluding carboxylic acids is 1. The van der Waals surface area contributed by atoms with Crippen molar-refractivity contribution in [1.82, 2.24) is 15.5 Å². The van der Waals surface area contributed by atoms with Gasteiger partial charge in [0.15, 0.2) is 0 Å². The Morgan fingerprint density at radius 1 is 1.06 bits per heavy atom. The molecule has 1 amide bonds. The first-order valence-corrected chi connectivity index (χ1v) is 12.3. The quantitative estimate of drug-likeness (QED) is 0.264. The van der Waals surface area contributed by atoms with Gasteiger partial charge in [-0.2, -0.15) is 5.10 Å². The standard InChI is InChI=1S/C25H25N5O4S/c1-18-13-22(29-28-18)17-27-25(31)19-14-21(26-11-5-9-23-10-6-12-34-23)16-24(15-19)35(32,33)30-20-7-3-2-4-8-20/h2-10,12-16,26,30H,11,17H2,1H3,(H,27,31)(H,28,29). The zero-order valence-electron chi connectivity index (χ0n) is 19.0. The van der Waals surface area contributed by atoms with Crippen LogP contribution >= 0.6 is 0 Å². The summed E-state index contributed by atoms with van der Waals surface area (Å²) in [4.78, 5) is 12.8. The minimum atomic E-state index is -3.94. The Balaban J connectivity index is 1.56. The number of carbonyl (C=O) groups is 1. The van der Waals surface area contributed by atoms with Crippen molar-refractivity contribution in [3.05, 3.63) is 102 Å². The van der Waals surface area contributed by atoms with Crippen LogP contribution < -0.4 is 15.4 Å². The Morgan fingerprint density at radius 2 is 1.89 bits per heavy atom. The highest BCUT2D eigenvalue weighted by atomic mass is 32.2. The summed E-state index contributed by atoms with van der Waals surface area (Å²) < 4.78 is 34.0. The van der Waals surface area contributed by atoms with Crippen LogP contribution in [0.1, 0.15) is 27.5 Å². The molecule has 4 N–H and O–H groups in total. The molecule has 0 spiro atoms. The summed E-state index contributed by atoms with van der Waals surface area (Å²) in [5, 5.41) is 12.8. The van der Waals surface area contributed by atoms with Gasteiger partial charge in [0.25, 0.3) is 15.9 Å². The topological polar surface area (TPSA) is 129 Å². The van der Waals surface area contributed by atoms with Crippen LogP contribution in [-0.2, 0) is 16.6 Å². The lowest BCUT2D eigenvalue weighted by molar-refractivity contribution is 0.0950. The predicted octanol–water partition coefficient (Wildman–Crippen LogP) is 4.17. The summed E-state index contributed by atoms with van der Waals surface area (Å²) in [7, 11) is -3.94. The molecule has 0 fully saturated rings. The number of benzene rings is 2. The Labute approximate surface area is 203 Å². The van der Waals surface area contributed by atoms with Crippen molar-refractivity contribution < 1.29 is 17.6 Å². The summed E-state index contributed by atoms with van der Waals surface area (Å²) in [5.74, 6) is 0.278. The summed E-state index contributed by atoms with van der Waals surface area (Å²) in [6.07, 6.45) is 5.21. The molecule has 9 nitrogen and oxygen atoms in total. The van der Waals surface area contributed by atoms with E-state index < -0.39 is 15.9 Å². The summed E-state index contributed by atoms with van der Waals surface area (Å²) in [6, 6.07) is 18.4. The van der Waals surface area contributed by atoms with E-state index in [1.54, 1.807) is 54.8 Å². The molecule has 10 heteroatoms. The van der Waals surface area contributed by atoms with Gasteiger partial charge in [-0.05, 0) is 61.5 Å². The van der Waals surface area contributed by atoms with Gasteiger partial charge in [-0.3, -0.25) is 14.6 Å². The molecule has 0 radical (unpaired) electrons. The van der Waals surface area contributed by atoms with E-state index in [9.17, 15) is 13.2 Å². The first-order chi connectivity index (χ1) is 16.9. The molecule has 0 aliphatic rings. The van der Waals surface area contributed by atoms with Crippen LogP contribution in [0.2, 0.25) is 0 Å². The zero-order valence-corrected chi connectivity index (χ0v) is 19.8. The molecule has 0 aliphatic heterocycles. The molecule has 0 bridgehead atoms. The Kier molecular flexibility index (Phi) is 7.32. The highest BCUT2D eigenvalue weighted by Crippen LogP contribution is 2.22. The second kappa shape index (κ2) is 10.7. The van der Waals surface area contributed by atoms with E-state index in [0.29, 0.717) is 29.4 Å². The number of furan rings is 1. The highest BCUT2D eigenvalue weighted by Gasteiger charge is 2.19. The van der Waals surface area contributed by atoms with Crippen molar-refractivity contribution in [3.63, 3.8) is 0 Å². The second-order valence-electron chi connectivity index (χ2n) is 7.74. The fourth-order valence-electron chi connectivity index (χ4n) is 3.28. The van der Waals surface area contributed by atoms with Gasteiger partial charge in [-0.1, -0.05) is 24.3 Å². The van der Waals surface area contributed by atoms with Gasteiger partial charge in [0.2, 0.25) is 0 Å². The zero-order chi connectivity index (χ0) is 24.7. The number of nitrogens with one attached hydrogen (secondary N) is 4. The van der Waals surface area contributed by atoms with Crippen molar-refractivity contribution in [2.24, 2.45) is 0 Å². The normalized spacial score (nSPS) is 11.5. The SMILES string of the molecule is Cc1cc(CNC(=O)c2cc(NCC=Cc3ccco3)cc(S(=O)(=O)Nc3ccccc3)c2)n[nH]1. The molecule has 2 aromatic carbocycles. The largest absolute Gasteiger partial charge is 0.465 e. The lowest BCUT2D eigenvalue weighted by Crippen LogP contribution is -2.24. The predicted molar refractivity (Wildman–Crippen MR) is 134 cm³/mol. The molecular weight excluding hydrogens is 466 g/mol. The average Bonchev–Trinajstić information content (AvgIpc) is 3.52. The number of H-pyrrole nitrogens is 1. The van der Waals surface area contributed by atoms with Crippen molar-refractivity contribution in [2.75, 3.05) is 16.6 Å². The number of aromatic nitrogens is 2. The number of rotatable bonds is 10. The number of anilines is 2. The third kappa shape index (κ3) is 6.61. The number of sulfonamides is 1. The third-order valence-corrected chi connectivity index (χ3v) is 6.30. The first-order valence-electron chi connectivity index (χ1n) is 10.8. The summed E-state index contributed by atoms with van der Waals surface area (Å²) in [6.45, 7) is 2.46. The van der Waals surface area contributed by atoms with E-state index in [1.165, 1.54) is 12.1 Å². The van der Waals surface area contributed by atoms with Gasteiger partial charge in [0, 0.05) is 29.2 Å². The van der Waals surface area contributed by atoms with Gasteiger partial charge in [-0.25, -0.2) is 8.42 Å². The van der Waals surface area contributed by atoms with Gasteiger partial charge in [0.05, 0.1) is 23.4 Å². The van der Waals surface area contributed by atoms with E-state index in [0.717, 1.165) is 5.69 Å². The molecule has 0 atom stereocenters. The van der Waals surface area contributed by atoms with E-state index in [4.69, 9.17) is 4.42 Å². The number of aryl methyl sites for hydroxylation is 1. The van der Waals surface area contributed by atoms with Gasteiger partial charge in [0.1, 0.15) is 5.76 Å². The van der Waals surface area contributed by atoms with Crippen LogP contribution in [-0.4, -0.2) is 31.1 Å². The number of nitrogens with zero attached hydrogens (tertiary/aromatic N) is 1. The molecule has 0 saturated carbocycles. The smallest absolute Gasteiger partial charge is 0.261 e. The van der Waals surface area contributed by atoms with E-state index in [-0.39, 0.29) is 17.0 Å². The molecule has 35 heavy (non-hydrogen) atoms. The number of amides is 1. The fraction of sp³-hybridized carbons (Fsp3) is 0.120. The van der Waals surface area contributed by atoms with Crippen LogP contribution in [0.5, 0.6) is 0 Å². The molecule has 4 rings (SSSR count). The summed E-state index contributed by atoms with van der Waals surface area (Å²) >= 11 is 0. The minimum Gasteiger partial charge on any atom is -0.465 e. The van der Waals surface area contributed by atoms with Crippen LogP contribution in [0, 0.1) is 6.92 Å². The minimum absolute atomic E-state index is 0.0397. The highest BCUT2D eigenvalue weighted by molar-refractivity contribution is 7.92. The number of aromatic amines is 1. The monoisotopic (exact) mass is 491 g/mol. The number of hydrogen-bond donors (Lipinski definition) is 4. The van der Waals surface area contributed by atoms with Crippen LogP contribution in [0.3, 0.4) is 0 Å². The molecule has 4 aromatic rings. The molecular formula is C25H25N5O4S. The van der Waals surface area contributed by atoms with E-state index >= 15 is 0 Å². The second-order valence-corrected chi connectivity index (χ2v) is 9.42. The van der Waals surface area contributed by atoms with Crippen molar-refractivity contribution in [2.45, 2.75) is 18.4 Å². The molecule has 0 unspecified atom stereocenters. The Bertz CT molecular complexity index is 1410. The van der Waals surface area contributed by atoms with Crippen molar-refractivity contribution in [1.29, 1.82) is 0 Å². The molecule has 0 saturated heterocycles. The molecule has 0 aliphatic carbocycles. The van der Waals surface area contributed by atoms with Gasteiger partial charge in [-0.15, -0.1) is 0 Å². The fourth-order valence-corrected chi connectivity index (χ4v) is 4.41. The first kappa shape index (κ1) is 23.8. The number of hydrogen-bond acceptors (Lipinski definition) is 6. The summed E-state index contributed by atoms with van der Waals surface area (Å²) in [5.41, 5.74) is 2.65. The van der Waals surface area contributed by atoms with Crippen molar-refractivity contribution in [3.8, 4) is 0 Å². The van der Waals surface area contributed by atoms with Gasteiger partial charge >= 0.3 is 0 Å². The van der Waals surface area contributed by atoms with E-state index in [2.05, 4.69) is 25.6 Å². The van der Waals surface area contributed by atoms with E-state index in [1.807, 2.05) is 25.1 Å². The number of para-hydroxylation sites is 1. The lowest BCUT2D eigenvalue weighted by atomic mass is 10.2. The lowest BCUT2D eigenvalue weighted by Gasteiger charge is -2.13. The maximum Gasteiger partial charge on any atom is 0.261 e. The Hall–Kier alpha value is -4.31. The van der Waals surface area contributed by atoms with Crippen LogP contribution in [0.25, 0.3) is 6.08 Å². The molecule has 2 aromatic heterocycles. The maximum atomic E-state index is 13.1. The third-order valence-electron chi connectivity index (χ3n) is 4.94. The van der Waals surface area contributed by atoms with Crippen molar-refractivity contribution >= 4 is 33.4 Å². The molecule has 180 valence electrons. The average molecular weight is 492 g/mol. The van der Waals surface area contributed by atoms with Crippen LogP contribution in [0.15, 0.2) is 88.4 Å². The van der Waals surface area contributed by atoms with Crippen LogP contribution in [0.4, 0.5) is 11.4 Å². The Morgan fingerprint density at radius 3 is 2.60 bits per heavy atom.